The lowest BCUT2D eigenvalue weighted by atomic mass is 10.1. The minimum Gasteiger partial charge on any atom is -0.399 e. The summed E-state index contributed by atoms with van der Waals surface area (Å²) in [5.41, 5.74) is 13.7. The zero-order valence-corrected chi connectivity index (χ0v) is 19.3. The van der Waals surface area contributed by atoms with Crippen LogP contribution in [0.1, 0.15) is 0 Å². The van der Waals surface area contributed by atoms with E-state index in [0.29, 0.717) is 28.3 Å². The van der Waals surface area contributed by atoms with Gasteiger partial charge in [0.1, 0.15) is 12.1 Å². The summed E-state index contributed by atoms with van der Waals surface area (Å²) >= 11 is 0. The summed E-state index contributed by atoms with van der Waals surface area (Å²) in [5.74, 6) is 0.573. The molecule has 34 heavy (non-hydrogen) atoms. The number of rotatable bonds is 5. The predicted molar refractivity (Wildman–Crippen MR) is 136 cm³/mol. The largest absolute Gasteiger partial charge is 0.399 e. The standard InChI is InChI=1S/C24H19N5O2S.CH5N/c25-17-7-6-8-18(13-17)28-24-14-22(26-16-27-24)21-15-29(23-12-5-4-11-20(21)23)32(30,31)19-9-2-1-3-10-19;1-2/h1-16H,25H2,(H,26,27,28);2H2,1H3. The Kier molecular flexibility index (Phi) is 6.58. The third-order valence-corrected chi connectivity index (χ3v) is 6.77. The van der Waals surface area contributed by atoms with Crippen LogP contribution >= 0.6 is 0 Å². The maximum Gasteiger partial charge on any atom is 0.268 e. The molecule has 0 fully saturated rings. The lowest BCUT2D eigenvalue weighted by Gasteiger charge is -2.07. The molecule has 2 heterocycles. The monoisotopic (exact) mass is 472 g/mol. The molecule has 0 amide bonds. The summed E-state index contributed by atoms with van der Waals surface area (Å²) < 4.78 is 28.0. The highest BCUT2D eigenvalue weighted by Gasteiger charge is 2.22. The molecule has 0 unspecified atom stereocenters. The summed E-state index contributed by atoms with van der Waals surface area (Å²) in [6, 6.07) is 24.9. The van der Waals surface area contributed by atoms with Crippen molar-refractivity contribution in [3.63, 3.8) is 0 Å². The quantitative estimate of drug-likeness (QED) is 0.326. The maximum absolute atomic E-state index is 13.3. The second-order valence-corrected chi connectivity index (χ2v) is 9.03. The number of anilines is 3. The molecular formula is C25H24N6O2S. The van der Waals surface area contributed by atoms with Gasteiger partial charge < -0.3 is 16.8 Å². The van der Waals surface area contributed by atoms with Crippen molar-refractivity contribution >= 4 is 38.1 Å². The van der Waals surface area contributed by atoms with Crippen LogP contribution in [0.15, 0.2) is 102 Å². The fourth-order valence-electron chi connectivity index (χ4n) is 3.60. The Morgan fingerprint density at radius 1 is 0.853 bits per heavy atom. The average Bonchev–Trinajstić information content (AvgIpc) is 3.27. The number of benzene rings is 3. The van der Waals surface area contributed by atoms with Crippen LogP contribution in [0.4, 0.5) is 17.2 Å². The van der Waals surface area contributed by atoms with Crippen LogP contribution in [0.5, 0.6) is 0 Å². The molecule has 0 atom stereocenters. The molecule has 5 rings (SSSR count). The lowest BCUT2D eigenvalue weighted by molar-refractivity contribution is 0.589. The molecule has 172 valence electrons. The van der Waals surface area contributed by atoms with E-state index in [0.717, 1.165) is 11.1 Å². The van der Waals surface area contributed by atoms with Gasteiger partial charge in [-0.2, -0.15) is 0 Å². The number of nitrogens with two attached hydrogens (primary N) is 2. The van der Waals surface area contributed by atoms with E-state index in [-0.39, 0.29) is 4.90 Å². The third kappa shape index (κ3) is 4.47. The van der Waals surface area contributed by atoms with Crippen molar-refractivity contribution in [1.29, 1.82) is 0 Å². The number of hydrogen-bond donors (Lipinski definition) is 3. The number of fused-ring (bicyclic) bond motifs is 1. The molecule has 8 nitrogen and oxygen atoms in total. The normalized spacial score (nSPS) is 11.0. The van der Waals surface area contributed by atoms with Gasteiger partial charge in [0.25, 0.3) is 10.0 Å². The Labute approximate surface area is 198 Å². The van der Waals surface area contributed by atoms with Crippen molar-refractivity contribution in [2.75, 3.05) is 18.1 Å². The van der Waals surface area contributed by atoms with E-state index in [2.05, 4.69) is 21.0 Å². The third-order valence-electron chi connectivity index (χ3n) is 5.08. The van der Waals surface area contributed by atoms with Crippen LogP contribution in [0.25, 0.3) is 22.2 Å². The van der Waals surface area contributed by atoms with E-state index in [4.69, 9.17) is 5.73 Å². The van der Waals surface area contributed by atoms with E-state index in [1.54, 1.807) is 60.8 Å². The van der Waals surface area contributed by atoms with Gasteiger partial charge in [0.15, 0.2) is 0 Å². The predicted octanol–water partition coefficient (Wildman–Crippen LogP) is 4.24. The Morgan fingerprint density at radius 2 is 1.59 bits per heavy atom. The topological polar surface area (TPSA) is 129 Å². The van der Waals surface area contributed by atoms with Crippen molar-refractivity contribution < 1.29 is 8.42 Å². The van der Waals surface area contributed by atoms with Gasteiger partial charge in [0.2, 0.25) is 0 Å². The summed E-state index contributed by atoms with van der Waals surface area (Å²) in [4.78, 5) is 8.91. The molecule has 0 saturated carbocycles. The molecule has 0 radical (unpaired) electrons. The SMILES string of the molecule is CN.Nc1cccc(Nc2cc(-c3cn(S(=O)(=O)c4ccccc4)c4ccccc34)ncn2)c1. The summed E-state index contributed by atoms with van der Waals surface area (Å²) in [6.45, 7) is 0. The summed E-state index contributed by atoms with van der Waals surface area (Å²) in [5, 5.41) is 3.99. The van der Waals surface area contributed by atoms with Gasteiger partial charge >= 0.3 is 0 Å². The first kappa shape index (κ1) is 23.0. The van der Waals surface area contributed by atoms with Crippen molar-refractivity contribution in [2.24, 2.45) is 5.73 Å². The smallest absolute Gasteiger partial charge is 0.268 e. The molecule has 0 bridgehead atoms. The van der Waals surface area contributed by atoms with E-state index >= 15 is 0 Å². The fraction of sp³-hybridized carbons (Fsp3) is 0.0400. The minimum atomic E-state index is -3.77. The molecule has 3 aromatic carbocycles. The maximum atomic E-state index is 13.3. The zero-order valence-electron chi connectivity index (χ0n) is 18.5. The first-order valence-corrected chi connectivity index (χ1v) is 11.9. The fourth-order valence-corrected chi connectivity index (χ4v) is 4.99. The van der Waals surface area contributed by atoms with Gasteiger partial charge in [0.05, 0.1) is 16.1 Å². The van der Waals surface area contributed by atoms with Crippen molar-refractivity contribution in [3.05, 3.63) is 97.5 Å². The molecule has 0 aliphatic carbocycles. The molecule has 2 aromatic heterocycles. The number of para-hydroxylation sites is 1. The van der Waals surface area contributed by atoms with Gasteiger partial charge in [-0.1, -0.05) is 42.5 Å². The minimum absolute atomic E-state index is 0.221. The Morgan fingerprint density at radius 3 is 2.35 bits per heavy atom. The number of nitrogens with one attached hydrogen (secondary N) is 1. The highest BCUT2D eigenvalue weighted by atomic mass is 32.2. The van der Waals surface area contributed by atoms with Gasteiger partial charge in [-0.25, -0.2) is 22.4 Å². The van der Waals surface area contributed by atoms with Gasteiger partial charge in [-0.3, -0.25) is 0 Å². The number of hydrogen-bond acceptors (Lipinski definition) is 7. The summed E-state index contributed by atoms with van der Waals surface area (Å²) in [7, 11) is -2.27. The number of nitrogens with zero attached hydrogens (tertiary/aromatic N) is 3. The summed E-state index contributed by atoms with van der Waals surface area (Å²) in [6.07, 6.45) is 3.06. The highest BCUT2D eigenvalue weighted by Crippen LogP contribution is 2.33. The molecule has 5 N–H and O–H groups in total. The van der Waals surface area contributed by atoms with Crippen LogP contribution in [-0.4, -0.2) is 29.4 Å². The van der Waals surface area contributed by atoms with Crippen molar-refractivity contribution in [1.82, 2.24) is 13.9 Å². The Balaban J connectivity index is 0.00000133. The second-order valence-electron chi connectivity index (χ2n) is 7.21. The van der Waals surface area contributed by atoms with Crippen molar-refractivity contribution in [3.8, 4) is 11.3 Å². The van der Waals surface area contributed by atoms with Gasteiger partial charge in [-0.05, 0) is 43.4 Å². The zero-order chi connectivity index (χ0) is 24.1. The average molecular weight is 473 g/mol. The Hall–Kier alpha value is -4.21. The van der Waals surface area contributed by atoms with Crippen LogP contribution < -0.4 is 16.8 Å². The molecule has 9 heteroatoms. The molecule has 0 spiro atoms. The lowest BCUT2D eigenvalue weighted by Crippen LogP contribution is -2.11. The number of nitrogen functional groups attached to an aromatic ring is 1. The van der Waals surface area contributed by atoms with Crippen LogP contribution in [0, 0.1) is 0 Å². The van der Waals surface area contributed by atoms with Gasteiger partial charge in [0, 0.05) is 34.6 Å². The first-order chi connectivity index (χ1) is 16.5. The van der Waals surface area contributed by atoms with Crippen LogP contribution in [0.2, 0.25) is 0 Å². The Bertz CT molecular complexity index is 1530. The molecule has 0 saturated heterocycles. The number of aromatic nitrogens is 3. The van der Waals surface area contributed by atoms with Gasteiger partial charge in [-0.15, -0.1) is 0 Å². The molecule has 0 aliphatic rings. The second kappa shape index (κ2) is 9.74. The van der Waals surface area contributed by atoms with E-state index in [1.165, 1.54) is 17.3 Å². The molecular weight excluding hydrogens is 448 g/mol. The van der Waals surface area contributed by atoms with E-state index in [9.17, 15) is 8.42 Å². The van der Waals surface area contributed by atoms with E-state index < -0.39 is 10.0 Å². The van der Waals surface area contributed by atoms with Crippen LogP contribution in [0.3, 0.4) is 0 Å². The molecule has 0 aliphatic heterocycles. The van der Waals surface area contributed by atoms with E-state index in [1.807, 2.05) is 30.3 Å². The molecule has 5 aromatic rings. The van der Waals surface area contributed by atoms with Crippen LogP contribution in [-0.2, 0) is 10.0 Å². The first-order valence-electron chi connectivity index (χ1n) is 10.5. The van der Waals surface area contributed by atoms with Crippen molar-refractivity contribution in [2.45, 2.75) is 4.90 Å². The highest BCUT2D eigenvalue weighted by molar-refractivity contribution is 7.90.